The highest BCUT2D eigenvalue weighted by atomic mass is 35.5. The fraction of sp³-hybridized carbons (Fsp3) is 0.636. The first-order chi connectivity index (χ1) is 15.7. The highest BCUT2D eigenvalue weighted by Gasteiger charge is 2.30. The van der Waals surface area contributed by atoms with Crippen molar-refractivity contribution in [1.82, 2.24) is 19.7 Å². The Morgan fingerprint density at radius 3 is 2.64 bits per heavy atom. The zero-order chi connectivity index (χ0) is 24.0. The first kappa shape index (κ1) is 25.4. The van der Waals surface area contributed by atoms with Crippen LogP contribution in [0.15, 0.2) is 33.5 Å². The normalized spacial score (nSPS) is 21.5. The van der Waals surface area contributed by atoms with Gasteiger partial charge in [0.05, 0.1) is 29.3 Å². The molecule has 1 aromatic rings. The van der Waals surface area contributed by atoms with Crippen molar-refractivity contribution in [1.29, 1.82) is 0 Å². The van der Waals surface area contributed by atoms with Crippen LogP contribution in [0, 0.1) is 0 Å². The average molecular weight is 483 g/mol. The third kappa shape index (κ3) is 6.41. The molecule has 1 amide bonds. The summed E-state index contributed by atoms with van der Waals surface area (Å²) in [6, 6.07) is 0. The molecule has 1 aromatic heterocycles. The van der Waals surface area contributed by atoms with Crippen LogP contribution in [0.4, 0.5) is 0 Å². The molecule has 10 nitrogen and oxygen atoms in total. The predicted octanol–water partition coefficient (Wildman–Crippen LogP) is 0.128. The van der Waals surface area contributed by atoms with Crippen molar-refractivity contribution in [3.05, 3.63) is 44.8 Å². The minimum Gasteiger partial charge on any atom is -0.396 e. The number of alkyl halides is 1. The van der Waals surface area contributed by atoms with Gasteiger partial charge in [-0.25, -0.2) is 4.79 Å². The highest BCUT2D eigenvalue weighted by Crippen LogP contribution is 2.27. The maximum atomic E-state index is 12.9. The van der Waals surface area contributed by atoms with Gasteiger partial charge in [0.15, 0.2) is 0 Å². The fourth-order valence-electron chi connectivity index (χ4n) is 4.16. The summed E-state index contributed by atoms with van der Waals surface area (Å²) in [7, 11) is 0. The Hall–Kier alpha value is -2.27. The summed E-state index contributed by atoms with van der Waals surface area (Å²) in [6.07, 6.45) is 8.47. The third-order valence-electron chi connectivity index (χ3n) is 6.11. The molecule has 11 heteroatoms. The smallest absolute Gasteiger partial charge is 0.352 e. The number of halogens is 1. The second-order valence-electron chi connectivity index (χ2n) is 8.71. The summed E-state index contributed by atoms with van der Waals surface area (Å²) >= 11 is 6.36. The molecule has 0 radical (unpaired) electrons. The molecule has 2 aliphatic rings. The molecule has 182 valence electrons. The van der Waals surface area contributed by atoms with E-state index in [4.69, 9.17) is 16.7 Å². The Morgan fingerprint density at radius 1 is 1.27 bits per heavy atom. The molecule has 4 N–H and O–H groups in total. The van der Waals surface area contributed by atoms with Crippen molar-refractivity contribution in [2.45, 2.75) is 75.0 Å². The van der Waals surface area contributed by atoms with Gasteiger partial charge < -0.3 is 20.6 Å². The van der Waals surface area contributed by atoms with E-state index in [0.29, 0.717) is 12.8 Å². The fourth-order valence-corrected chi connectivity index (χ4v) is 4.41. The maximum Gasteiger partial charge on any atom is 0.352 e. The molecule has 1 fully saturated rings. The Balaban J connectivity index is 1.80. The molecule has 3 rings (SSSR count). The number of hydrogen-bond donors (Lipinski definition) is 4. The van der Waals surface area contributed by atoms with Gasteiger partial charge in [-0.05, 0) is 31.8 Å². The number of hydrogen-bond acceptors (Lipinski definition) is 7. The second kappa shape index (κ2) is 11.2. The van der Waals surface area contributed by atoms with Crippen LogP contribution >= 0.6 is 11.6 Å². The van der Waals surface area contributed by atoms with Crippen molar-refractivity contribution >= 4 is 23.2 Å². The summed E-state index contributed by atoms with van der Waals surface area (Å²) in [5, 5.41) is 35.7. The molecule has 0 saturated heterocycles. The van der Waals surface area contributed by atoms with E-state index in [2.05, 4.69) is 10.4 Å². The van der Waals surface area contributed by atoms with Gasteiger partial charge in [0, 0.05) is 18.7 Å². The van der Waals surface area contributed by atoms with Crippen molar-refractivity contribution in [3.8, 4) is 0 Å². The predicted molar refractivity (Wildman–Crippen MR) is 123 cm³/mol. The summed E-state index contributed by atoms with van der Waals surface area (Å²) in [6.45, 7) is -0.451. The van der Waals surface area contributed by atoms with Gasteiger partial charge in [0.1, 0.15) is 6.20 Å². The van der Waals surface area contributed by atoms with Gasteiger partial charge in [0.2, 0.25) is 5.91 Å². The summed E-state index contributed by atoms with van der Waals surface area (Å²) in [4.78, 5) is 37.8. The van der Waals surface area contributed by atoms with E-state index in [0.717, 1.165) is 41.1 Å². The van der Waals surface area contributed by atoms with Crippen LogP contribution in [-0.2, 0) is 11.3 Å². The van der Waals surface area contributed by atoms with E-state index in [1.165, 1.54) is 6.08 Å². The molecular weight excluding hydrogens is 452 g/mol. The van der Waals surface area contributed by atoms with Crippen LogP contribution in [0.25, 0.3) is 5.70 Å². The minimum atomic E-state index is -1.07. The molecule has 0 aromatic carbocycles. The van der Waals surface area contributed by atoms with Gasteiger partial charge in [-0.3, -0.25) is 14.2 Å². The van der Waals surface area contributed by atoms with Crippen LogP contribution < -0.4 is 16.6 Å². The van der Waals surface area contributed by atoms with Gasteiger partial charge in [-0.1, -0.05) is 31.8 Å². The molecular formula is C22H31ClN4O6. The molecule has 0 bridgehead atoms. The number of aliphatic hydroxyl groups is 3. The van der Waals surface area contributed by atoms with Crippen LogP contribution in [0.3, 0.4) is 0 Å². The molecule has 1 saturated carbocycles. The van der Waals surface area contributed by atoms with Crippen LogP contribution in [-0.4, -0.2) is 65.8 Å². The quantitative estimate of drug-likeness (QED) is 0.304. The summed E-state index contributed by atoms with van der Waals surface area (Å²) in [5.74, 6) is -0.432. The number of nitrogens with zero attached hydrogens (tertiary/aromatic N) is 3. The summed E-state index contributed by atoms with van der Waals surface area (Å²) < 4.78 is 1.80. The number of nitrogens with one attached hydrogen (secondary N) is 1. The monoisotopic (exact) mass is 482 g/mol. The number of aromatic nitrogens is 3. The molecule has 1 heterocycles. The maximum absolute atomic E-state index is 12.9. The van der Waals surface area contributed by atoms with Crippen molar-refractivity contribution in [2.75, 3.05) is 13.2 Å². The summed E-state index contributed by atoms with van der Waals surface area (Å²) in [5.41, 5.74) is -1.88. The standard InChI is InChI=1S/C22H31ClN4O6/c23-18-6-5-15(27-21(32)26(19(30)12-25-27)13-16(29)7-10-28)11-17(18)20(31)24-14-22(33)8-3-1-2-4-9-22/h5,11-12,16,18,28-29,33H,1-4,6-10,13-14H2,(H,24,31)/t16-,18?/m1/s1. The van der Waals surface area contributed by atoms with E-state index >= 15 is 0 Å². The number of allylic oxidation sites excluding steroid dienone is 3. The largest absolute Gasteiger partial charge is 0.396 e. The van der Waals surface area contributed by atoms with Crippen LogP contribution in [0.1, 0.15) is 51.4 Å². The van der Waals surface area contributed by atoms with Gasteiger partial charge in [-0.15, -0.1) is 11.6 Å². The van der Waals surface area contributed by atoms with Gasteiger partial charge in [-0.2, -0.15) is 9.78 Å². The Kier molecular flexibility index (Phi) is 8.63. The molecule has 2 atom stereocenters. The van der Waals surface area contributed by atoms with E-state index in [9.17, 15) is 24.6 Å². The highest BCUT2D eigenvalue weighted by molar-refractivity contribution is 6.26. The number of carbonyl (C=O) groups excluding carboxylic acids is 1. The molecule has 0 aliphatic heterocycles. The number of rotatable bonds is 8. The Morgan fingerprint density at radius 2 is 1.97 bits per heavy atom. The lowest BCUT2D eigenvalue weighted by atomic mass is 9.94. The van der Waals surface area contributed by atoms with Crippen LogP contribution in [0.5, 0.6) is 0 Å². The van der Waals surface area contributed by atoms with Crippen LogP contribution in [0.2, 0.25) is 0 Å². The average Bonchev–Trinajstić information content (AvgIpc) is 3.01. The second-order valence-corrected chi connectivity index (χ2v) is 9.23. The van der Waals surface area contributed by atoms with E-state index in [1.54, 1.807) is 6.08 Å². The van der Waals surface area contributed by atoms with Gasteiger partial charge in [0.25, 0.3) is 5.56 Å². The first-order valence-corrected chi connectivity index (χ1v) is 11.7. The van der Waals surface area contributed by atoms with Crippen molar-refractivity contribution in [3.63, 3.8) is 0 Å². The first-order valence-electron chi connectivity index (χ1n) is 11.3. The lowest BCUT2D eigenvalue weighted by Gasteiger charge is -2.27. The number of aliphatic hydroxyl groups excluding tert-OH is 2. The Labute approximate surface area is 196 Å². The van der Waals surface area contributed by atoms with Crippen molar-refractivity contribution < 1.29 is 20.1 Å². The van der Waals surface area contributed by atoms with E-state index in [1.807, 2.05) is 0 Å². The number of carbonyl (C=O) groups is 1. The SMILES string of the molecule is O=C(NCC1(O)CCCCCC1)C1=CC(n2ncc(=O)n(C[C@H](O)CCO)c2=O)=CCC1Cl. The zero-order valence-corrected chi connectivity index (χ0v) is 19.2. The minimum absolute atomic E-state index is 0.0153. The van der Waals surface area contributed by atoms with E-state index in [-0.39, 0.29) is 43.8 Å². The lowest BCUT2D eigenvalue weighted by Crippen LogP contribution is -2.44. The van der Waals surface area contributed by atoms with Gasteiger partial charge >= 0.3 is 5.69 Å². The third-order valence-corrected chi connectivity index (χ3v) is 6.52. The molecule has 2 aliphatic carbocycles. The molecule has 1 unspecified atom stereocenters. The number of amides is 1. The lowest BCUT2D eigenvalue weighted by molar-refractivity contribution is -0.119. The molecule has 33 heavy (non-hydrogen) atoms. The zero-order valence-electron chi connectivity index (χ0n) is 18.5. The van der Waals surface area contributed by atoms with E-state index < -0.39 is 34.2 Å². The Bertz CT molecular complexity index is 1020. The van der Waals surface area contributed by atoms with Crippen molar-refractivity contribution in [2.24, 2.45) is 0 Å². The topological polar surface area (TPSA) is 147 Å². The molecule has 0 spiro atoms.